The van der Waals surface area contributed by atoms with E-state index >= 15 is 0 Å². The summed E-state index contributed by atoms with van der Waals surface area (Å²) in [7, 11) is 0. The van der Waals surface area contributed by atoms with E-state index in [0.29, 0.717) is 18.3 Å². The number of hydrogen-bond donors (Lipinski definition) is 1. The van der Waals surface area contributed by atoms with Crippen molar-refractivity contribution < 1.29 is 9.15 Å². The molecule has 0 spiro atoms. The molecule has 2 aromatic heterocycles. The molecule has 2 aromatic rings. The summed E-state index contributed by atoms with van der Waals surface area (Å²) < 4.78 is 11.2. The Kier molecular flexibility index (Phi) is 5.06. The van der Waals surface area contributed by atoms with E-state index in [0.717, 1.165) is 30.1 Å². The molecular formula is C14H20N4O2. The van der Waals surface area contributed by atoms with E-state index in [4.69, 9.17) is 9.15 Å². The molecule has 0 amide bonds. The lowest BCUT2D eigenvalue weighted by atomic mass is 10.3. The van der Waals surface area contributed by atoms with Gasteiger partial charge in [-0.2, -0.15) is 0 Å². The van der Waals surface area contributed by atoms with Gasteiger partial charge in [0.15, 0.2) is 6.61 Å². The fraction of sp³-hybridized carbons (Fsp3) is 0.500. The van der Waals surface area contributed by atoms with Gasteiger partial charge in [-0.05, 0) is 25.6 Å². The predicted molar refractivity (Wildman–Crippen MR) is 74.4 cm³/mol. The van der Waals surface area contributed by atoms with Gasteiger partial charge in [0.05, 0.1) is 5.69 Å². The first-order valence-corrected chi connectivity index (χ1v) is 6.84. The summed E-state index contributed by atoms with van der Waals surface area (Å²) in [5.74, 6) is 1.85. The molecule has 0 bridgehead atoms. The van der Waals surface area contributed by atoms with Crippen LogP contribution >= 0.6 is 0 Å². The fourth-order valence-electron chi connectivity index (χ4n) is 1.73. The minimum absolute atomic E-state index is 0.261. The molecule has 0 aliphatic heterocycles. The van der Waals surface area contributed by atoms with E-state index in [-0.39, 0.29) is 6.61 Å². The first-order chi connectivity index (χ1) is 9.72. The lowest BCUT2D eigenvalue weighted by molar-refractivity contribution is 0.255. The highest BCUT2D eigenvalue weighted by molar-refractivity contribution is 5.29. The largest absolute Gasteiger partial charge is 0.482 e. The van der Waals surface area contributed by atoms with Gasteiger partial charge in [-0.1, -0.05) is 13.8 Å². The number of aryl methyl sites for hydroxylation is 2. The molecule has 6 heteroatoms. The van der Waals surface area contributed by atoms with Crippen LogP contribution in [0.2, 0.25) is 0 Å². The number of aromatic nitrogens is 3. The molecule has 0 fully saturated rings. The second kappa shape index (κ2) is 7.00. The number of ether oxygens (including phenoxy) is 1. The first-order valence-electron chi connectivity index (χ1n) is 6.84. The van der Waals surface area contributed by atoms with Gasteiger partial charge < -0.3 is 14.5 Å². The second-order valence-corrected chi connectivity index (χ2v) is 4.41. The fourth-order valence-corrected chi connectivity index (χ4v) is 1.73. The summed E-state index contributed by atoms with van der Waals surface area (Å²) in [6, 6.07) is 3.85. The molecule has 2 rings (SSSR count). The summed E-state index contributed by atoms with van der Waals surface area (Å²) >= 11 is 0. The minimum Gasteiger partial charge on any atom is -0.482 e. The van der Waals surface area contributed by atoms with Gasteiger partial charge in [0.2, 0.25) is 5.89 Å². The number of rotatable bonds is 7. The zero-order valence-corrected chi connectivity index (χ0v) is 12.1. The van der Waals surface area contributed by atoms with Crippen molar-refractivity contribution in [1.29, 1.82) is 0 Å². The molecule has 0 radical (unpaired) electrons. The van der Waals surface area contributed by atoms with Gasteiger partial charge in [-0.15, -0.1) is 10.2 Å². The van der Waals surface area contributed by atoms with E-state index in [9.17, 15) is 0 Å². The van der Waals surface area contributed by atoms with Gasteiger partial charge >= 0.3 is 0 Å². The summed E-state index contributed by atoms with van der Waals surface area (Å²) in [4.78, 5) is 4.49. The van der Waals surface area contributed by atoms with E-state index in [1.807, 2.05) is 26.0 Å². The SMILES string of the molecule is CCNCc1nc(C)ccc1OCc1nnc(CC)o1. The van der Waals surface area contributed by atoms with E-state index in [1.165, 1.54) is 0 Å². The maximum atomic E-state index is 5.73. The third kappa shape index (κ3) is 3.77. The van der Waals surface area contributed by atoms with Gasteiger partial charge in [-0.3, -0.25) is 4.98 Å². The number of nitrogens with one attached hydrogen (secondary N) is 1. The number of nitrogens with zero attached hydrogens (tertiary/aromatic N) is 3. The molecule has 6 nitrogen and oxygen atoms in total. The third-order valence-electron chi connectivity index (χ3n) is 2.78. The highest BCUT2D eigenvalue weighted by atomic mass is 16.5. The van der Waals surface area contributed by atoms with Crippen molar-refractivity contribution in [2.24, 2.45) is 0 Å². The lowest BCUT2D eigenvalue weighted by Gasteiger charge is -2.10. The highest BCUT2D eigenvalue weighted by Gasteiger charge is 2.09. The molecule has 0 saturated carbocycles. The van der Waals surface area contributed by atoms with Crippen molar-refractivity contribution in [2.45, 2.75) is 40.3 Å². The van der Waals surface area contributed by atoms with Crippen LogP contribution in [0.25, 0.3) is 0 Å². The van der Waals surface area contributed by atoms with Crippen LogP contribution in [0, 0.1) is 6.92 Å². The van der Waals surface area contributed by atoms with Crippen molar-refractivity contribution in [3.8, 4) is 5.75 Å². The topological polar surface area (TPSA) is 73.1 Å². The molecule has 0 aliphatic rings. The minimum atomic E-state index is 0.261. The molecule has 2 heterocycles. The van der Waals surface area contributed by atoms with Crippen LogP contribution in [-0.2, 0) is 19.6 Å². The van der Waals surface area contributed by atoms with Crippen LogP contribution in [0.4, 0.5) is 0 Å². The average Bonchev–Trinajstić information content (AvgIpc) is 2.92. The molecule has 0 aromatic carbocycles. The quantitative estimate of drug-likeness (QED) is 0.834. The zero-order valence-electron chi connectivity index (χ0n) is 12.1. The Morgan fingerprint density at radius 3 is 2.70 bits per heavy atom. The second-order valence-electron chi connectivity index (χ2n) is 4.41. The molecule has 0 saturated heterocycles. The monoisotopic (exact) mass is 276 g/mol. The Hall–Kier alpha value is -1.95. The first kappa shape index (κ1) is 14.5. The van der Waals surface area contributed by atoms with E-state index in [1.54, 1.807) is 0 Å². The summed E-state index contributed by atoms with van der Waals surface area (Å²) in [6.07, 6.45) is 0.727. The smallest absolute Gasteiger partial charge is 0.253 e. The van der Waals surface area contributed by atoms with Gasteiger partial charge in [-0.25, -0.2) is 0 Å². The number of pyridine rings is 1. The van der Waals surface area contributed by atoms with Crippen LogP contribution in [0.15, 0.2) is 16.5 Å². The lowest BCUT2D eigenvalue weighted by Crippen LogP contribution is -2.14. The predicted octanol–water partition coefficient (Wildman–Crippen LogP) is 2.02. The van der Waals surface area contributed by atoms with Crippen molar-refractivity contribution in [3.63, 3.8) is 0 Å². The van der Waals surface area contributed by atoms with Crippen LogP contribution in [0.1, 0.15) is 37.0 Å². The molecule has 0 atom stereocenters. The Balaban J connectivity index is 2.04. The van der Waals surface area contributed by atoms with Gasteiger partial charge in [0, 0.05) is 18.7 Å². The van der Waals surface area contributed by atoms with Crippen molar-refractivity contribution in [1.82, 2.24) is 20.5 Å². The Morgan fingerprint density at radius 1 is 1.20 bits per heavy atom. The molecule has 1 N–H and O–H groups in total. The van der Waals surface area contributed by atoms with E-state index in [2.05, 4.69) is 27.4 Å². The highest BCUT2D eigenvalue weighted by Crippen LogP contribution is 2.18. The molecule has 20 heavy (non-hydrogen) atoms. The van der Waals surface area contributed by atoms with Gasteiger partial charge in [0.25, 0.3) is 5.89 Å². The van der Waals surface area contributed by atoms with Crippen LogP contribution in [-0.4, -0.2) is 21.7 Å². The zero-order chi connectivity index (χ0) is 14.4. The van der Waals surface area contributed by atoms with Crippen molar-refractivity contribution >= 4 is 0 Å². The molecule has 0 aliphatic carbocycles. The summed E-state index contributed by atoms with van der Waals surface area (Å²) in [5, 5.41) is 11.1. The van der Waals surface area contributed by atoms with Gasteiger partial charge in [0.1, 0.15) is 5.75 Å². The average molecular weight is 276 g/mol. The summed E-state index contributed by atoms with van der Waals surface area (Å²) in [5.41, 5.74) is 1.86. The van der Waals surface area contributed by atoms with E-state index < -0.39 is 0 Å². The van der Waals surface area contributed by atoms with Crippen LogP contribution in [0.5, 0.6) is 5.75 Å². The molecular weight excluding hydrogens is 256 g/mol. The Labute approximate surface area is 118 Å². The van der Waals surface area contributed by atoms with Crippen molar-refractivity contribution in [3.05, 3.63) is 35.3 Å². The number of hydrogen-bond acceptors (Lipinski definition) is 6. The van der Waals surface area contributed by atoms with Crippen molar-refractivity contribution in [2.75, 3.05) is 6.54 Å². The molecule has 0 unspecified atom stereocenters. The Bertz CT molecular complexity index is 554. The summed E-state index contributed by atoms with van der Waals surface area (Å²) in [6.45, 7) is 7.81. The maximum absolute atomic E-state index is 5.73. The maximum Gasteiger partial charge on any atom is 0.253 e. The van der Waals surface area contributed by atoms with Crippen LogP contribution in [0.3, 0.4) is 0 Å². The Morgan fingerprint density at radius 2 is 2.00 bits per heavy atom. The standard InChI is InChI=1S/C14H20N4O2/c1-4-13-17-18-14(20-13)9-19-12-7-6-10(3)16-11(12)8-15-5-2/h6-7,15H,4-5,8-9H2,1-3H3. The van der Waals surface area contributed by atoms with Crippen LogP contribution < -0.4 is 10.1 Å². The normalized spacial score (nSPS) is 10.8. The molecule has 108 valence electrons. The third-order valence-corrected chi connectivity index (χ3v) is 2.78.